The maximum absolute atomic E-state index is 5.41. The van der Waals surface area contributed by atoms with Crippen LogP contribution in [-0.4, -0.2) is 46.2 Å². The first-order chi connectivity index (χ1) is 13.3. The molecule has 27 heavy (non-hydrogen) atoms. The molecule has 1 aliphatic heterocycles. The fourth-order valence-corrected chi connectivity index (χ4v) is 2.81. The number of aromatic nitrogens is 4. The van der Waals surface area contributed by atoms with Gasteiger partial charge in [-0.05, 0) is 37.3 Å². The normalized spacial score (nSPS) is 14.0. The Bertz CT molecular complexity index is 880. The molecule has 4 rings (SSSR count). The van der Waals surface area contributed by atoms with Gasteiger partial charge < -0.3 is 15.0 Å². The van der Waals surface area contributed by atoms with Gasteiger partial charge in [0.05, 0.1) is 13.2 Å². The number of aryl methyl sites for hydroxylation is 1. The largest absolute Gasteiger partial charge is 0.378 e. The van der Waals surface area contributed by atoms with E-state index in [0.717, 1.165) is 43.4 Å². The molecule has 1 aromatic carbocycles. The summed E-state index contributed by atoms with van der Waals surface area (Å²) in [4.78, 5) is 19.4. The van der Waals surface area contributed by atoms with E-state index >= 15 is 0 Å². The molecular formula is C19H21N7O. The van der Waals surface area contributed by atoms with E-state index in [9.17, 15) is 0 Å². The summed E-state index contributed by atoms with van der Waals surface area (Å²) in [5, 5.41) is 6.36. The van der Waals surface area contributed by atoms with Gasteiger partial charge in [-0.15, -0.1) is 0 Å². The Morgan fingerprint density at radius 3 is 2.41 bits per heavy atom. The minimum absolute atomic E-state index is 0.444. The zero-order valence-corrected chi connectivity index (χ0v) is 15.1. The fraction of sp³-hybridized carbons (Fsp3) is 0.263. The molecule has 0 atom stereocenters. The third-order valence-electron chi connectivity index (χ3n) is 4.27. The first-order valence-electron chi connectivity index (χ1n) is 8.85. The van der Waals surface area contributed by atoms with Gasteiger partial charge in [-0.25, -0.2) is 15.0 Å². The highest BCUT2D eigenvalue weighted by Crippen LogP contribution is 2.23. The highest BCUT2D eigenvalue weighted by atomic mass is 16.5. The van der Waals surface area contributed by atoms with Crippen LogP contribution in [-0.2, 0) is 4.74 Å². The van der Waals surface area contributed by atoms with Gasteiger partial charge in [-0.3, -0.25) is 5.32 Å². The number of rotatable bonds is 5. The maximum Gasteiger partial charge on any atom is 0.231 e. The van der Waals surface area contributed by atoms with Gasteiger partial charge >= 0.3 is 0 Å². The summed E-state index contributed by atoms with van der Waals surface area (Å²) in [5.74, 6) is 1.64. The molecule has 2 aromatic heterocycles. The highest BCUT2D eigenvalue weighted by molar-refractivity contribution is 5.63. The summed E-state index contributed by atoms with van der Waals surface area (Å²) >= 11 is 0. The molecule has 0 aliphatic carbocycles. The second-order valence-electron chi connectivity index (χ2n) is 6.19. The molecule has 0 spiro atoms. The van der Waals surface area contributed by atoms with Gasteiger partial charge in [-0.1, -0.05) is 0 Å². The van der Waals surface area contributed by atoms with Gasteiger partial charge in [0.25, 0.3) is 0 Å². The minimum atomic E-state index is 0.444. The Labute approximate surface area is 157 Å². The van der Waals surface area contributed by atoms with Gasteiger partial charge in [0, 0.05) is 48.6 Å². The van der Waals surface area contributed by atoms with Crippen LogP contribution in [0.25, 0.3) is 0 Å². The Balaban J connectivity index is 1.47. The number of morpholine rings is 1. The van der Waals surface area contributed by atoms with Gasteiger partial charge in [0.2, 0.25) is 11.9 Å². The number of nitrogens with one attached hydrogen (secondary N) is 2. The first kappa shape index (κ1) is 17.2. The zero-order chi connectivity index (χ0) is 18.5. The molecule has 0 amide bonds. The Hall–Kier alpha value is -3.26. The second-order valence-corrected chi connectivity index (χ2v) is 6.19. The van der Waals surface area contributed by atoms with Crippen LogP contribution in [0.3, 0.4) is 0 Å². The average Bonchev–Trinajstić information content (AvgIpc) is 2.72. The average molecular weight is 363 g/mol. The van der Waals surface area contributed by atoms with E-state index in [1.165, 1.54) is 5.69 Å². The quantitative estimate of drug-likeness (QED) is 0.715. The number of hydrogen-bond acceptors (Lipinski definition) is 8. The van der Waals surface area contributed by atoms with Crippen molar-refractivity contribution in [2.75, 3.05) is 41.8 Å². The molecule has 1 fully saturated rings. The zero-order valence-electron chi connectivity index (χ0n) is 15.1. The molecule has 1 aliphatic rings. The number of hydrogen-bond donors (Lipinski definition) is 2. The predicted octanol–water partition coefficient (Wildman–Crippen LogP) is 2.90. The molecule has 0 saturated carbocycles. The van der Waals surface area contributed by atoms with Crippen LogP contribution < -0.4 is 15.5 Å². The van der Waals surface area contributed by atoms with Crippen molar-refractivity contribution in [3.63, 3.8) is 0 Å². The lowest BCUT2D eigenvalue weighted by Gasteiger charge is -2.28. The molecule has 8 nitrogen and oxygen atoms in total. The summed E-state index contributed by atoms with van der Waals surface area (Å²) < 4.78 is 5.41. The summed E-state index contributed by atoms with van der Waals surface area (Å²) in [6.45, 7) is 5.37. The van der Waals surface area contributed by atoms with Crippen LogP contribution >= 0.6 is 0 Å². The van der Waals surface area contributed by atoms with Crippen LogP contribution in [0.1, 0.15) is 5.56 Å². The predicted molar refractivity (Wildman–Crippen MR) is 105 cm³/mol. The molecule has 138 valence electrons. The molecule has 1 saturated heterocycles. The molecule has 3 aromatic rings. The SMILES string of the molecule is Cc1cnc(Nc2ncccn2)nc1Nc1ccc(N2CCOCC2)cc1. The van der Waals surface area contributed by atoms with E-state index in [-0.39, 0.29) is 0 Å². The van der Waals surface area contributed by atoms with E-state index in [1.54, 1.807) is 24.7 Å². The highest BCUT2D eigenvalue weighted by Gasteiger charge is 2.11. The van der Waals surface area contributed by atoms with Gasteiger partial charge in [-0.2, -0.15) is 4.98 Å². The van der Waals surface area contributed by atoms with E-state index in [1.807, 2.05) is 6.92 Å². The van der Waals surface area contributed by atoms with Crippen molar-refractivity contribution >= 4 is 29.1 Å². The Kier molecular flexibility index (Phi) is 5.06. The first-order valence-corrected chi connectivity index (χ1v) is 8.85. The van der Waals surface area contributed by atoms with E-state index in [0.29, 0.717) is 11.9 Å². The lowest BCUT2D eigenvalue weighted by Crippen LogP contribution is -2.36. The Morgan fingerprint density at radius 2 is 1.67 bits per heavy atom. The van der Waals surface area contributed by atoms with Crippen molar-refractivity contribution < 1.29 is 4.74 Å². The molecular weight excluding hydrogens is 342 g/mol. The summed E-state index contributed by atoms with van der Waals surface area (Å²) in [7, 11) is 0. The molecule has 0 radical (unpaired) electrons. The third kappa shape index (κ3) is 4.29. The van der Waals surface area contributed by atoms with Crippen LogP contribution in [0.2, 0.25) is 0 Å². The van der Waals surface area contributed by atoms with E-state index in [4.69, 9.17) is 4.74 Å². The van der Waals surface area contributed by atoms with Crippen LogP contribution in [0, 0.1) is 6.92 Å². The number of benzene rings is 1. The monoisotopic (exact) mass is 363 g/mol. The fourth-order valence-electron chi connectivity index (χ4n) is 2.81. The van der Waals surface area contributed by atoms with E-state index < -0.39 is 0 Å². The molecule has 3 heterocycles. The summed E-state index contributed by atoms with van der Waals surface area (Å²) in [5.41, 5.74) is 3.12. The smallest absolute Gasteiger partial charge is 0.231 e. The molecule has 2 N–H and O–H groups in total. The van der Waals surface area contributed by atoms with Gasteiger partial charge in [0.1, 0.15) is 5.82 Å². The van der Waals surface area contributed by atoms with Crippen LogP contribution in [0.15, 0.2) is 48.9 Å². The number of anilines is 5. The standard InChI is InChI=1S/C19H21N7O/c1-14-13-22-19(25-18-20-7-2-8-21-18)24-17(14)23-15-3-5-16(6-4-15)26-9-11-27-12-10-26/h2-8,13H,9-12H2,1H3,(H2,20,21,22,23,24,25). The van der Waals surface area contributed by atoms with Crippen molar-refractivity contribution in [1.82, 2.24) is 19.9 Å². The molecule has 8 heteroatoms. The summed E-state index contributed by atoms with van der Waals surface area (Å²) in [6, 6.07) is 10.1. The van der Waals surface area contributed by atoms with E-state index in [2.05, 4.69) is 59.7 Å². The van der Waals surface area contributed by atoms with Crippen molar-refractivity contribution in [1.29, 1.82) is 0 Å². The molecule has 0 unspecified atom stereocenters. The maximum atomic E-state index is 5.41. The lowest BCUT2D eigenvalue weighted by atomic mass is 10.2. The van der Waals surface area contributed by atoms with Crippen molar-refractivity contribution in [2.24, 2.45) is 0 Å². The number of ether oxygens (including phenoxy) is 1. The number of nitrogens with zero attached hydrogens (tertiary/aromatic N) is 5. The minimum Gasteiger partial charge on any atom is -0.378 e. The van der Waals surface area contributed by atoms with Crippen molar-refractivity contribution in [3.05, 3.63) is 54.5 Å². The van der Waals surface area contributed by atoms with Crippen molar-refractivity contribution in [3.8, 4) is 0 Å². The lowest BCUT2D eigenvalue weighted by molar-refractivity contribution is 0.122. The Morgan fingerprint density at radius 1 is 0.926 bits per heavy atom. The summed E-state index contributed by atoms with van der Waals surface area (Å²) in [6.07, 6.45) is 5.10. The van der Waals surface area contributed by atoms with Crippen LogP contribution in [0.4, 0.5) is 29.1 Å². The van der Waals surface area contributed by atoms with Crippen LogP contribution in [0.5, 0.6) is 0 Å². The third-order valence-corrected chi connectivity index (χ3v) is 4.27. The van der Waals surface area contributed by atoms with Gasteiger partial charge in [0.15, 0.2) is 0 Å². The molecule has 0 bridgehead atoms. The van der Waals surface area contributed by atoms with Crippen molar-refractivity contribution in [2.45, 2.75) is 6.92 Å². The second kappa shape index (κ2) is 7.96. The topological polar surface area (TPSA) is 88.1 Å².